The minimum atomic E-state index is 0.0836. The van der Waals surface area contributed by atoms with Crippen LogP contribution in [0, 0.1) is 13.8 Å². The van der Waals surface area contributed by atoms with Crippen molar-refractivity contribution in [3.05, 3.63) is 130 Å². The number of anilines is 1. The van der Waals surface area contributed by atoms with Crippen LogP contribution in [0.15, 0.2) is 103 Å². The monoisotopic (exact) mass is 644 g/mol. The zero-order valence-corrected chi connectivity index (χ0v) is 28.1. The molecule has 1 saturated heterocycles. The van der Waals surface area contributed by atoms with Crippen LogP contribution >= 0.6 is 0 Å². The molecule has 7 heteroatoms. The quantitative estimate of drug-likeness (QED) is 0.164. The Kier molecular flexibility index (Phi) is 11.8. The highest BCUT2D eigenvalue weighted by Crippen LogP contribution is 2.29. The van der Waals surface area contributed by atoms with Gasteiger partial charge in [-0.1, -0.05) is 72.8 Å². The molecule has 2 aliphatic rings. The molecule has 6 rings (SSSR count). The fraction of sp³-hybridized carbons (Fsp3) is 0.293. The maximum atomic E-state index is 11.8. The topological polar surface area (TPSA) is 76.2 Å². The number of rotatable bonds is 10. The lowest BCUT2D eigenvalue weighted by Crippen LogP contribution is -2.35. The van der Waals surface area contributed by atoms with Crippen molar-refractivity contribution < 1.29 is 23.9 Å². The minimum Gasteiger partial charge on any atom is -0.491 e. The zero-order valence-electron chi connectivity index (χ0n) is 28.1. The van der Waals surface area contributed by atoms with Gasteiger partial charge in [-0.2, -0.15) is 0 Å². The largest absolute Gasteiger partial charge is 0.491 e. The standard InChI is InChI=1S/C22H23NO3.C19H21NO2/c1-16-7-6-10-22(21(16)14-24)26-15-19-11-12-23(17(2)25)13-20(19)18-8-4-3-5-9-18;1-15-7-5-11-19(18(15)13-21)22-14-17-10-6-12-20(17)16-8-3-2-4-9-16/h3-10,14H,11-13,15H2,1-2H3;2-5,7-9,11,13,17H,6,10,12,14H2,1H3/t;17-/m.0/s1. The summed E-state index contributed by atoms with van der Waals surface area (Å²) in [7, 11) is 0. The number of amides is 1. The molecule has 4 aromatic carbocycles. The number of ether oxygens (including phenoxy) is 2. The second-order valence-corrected chi connectivity index (χ2v) is 12.3. The lowest BCUT2D eigenvalue weighted by atomic mass is 9.94. The van der Waals surface area contributed by atoms with Gasteiger partial charge in [0, 0.05) is 32.2 Å². The van der Waals surface area contributed by atoms with Crippen LogP contribution < -0.4 is 14.4 Å². The van der Waals surface area contributed by atoms with E-state index in [2.05, 4.69) is 41.3 Å². The molecule has 7 nitrogen and oxygen atoms in total. The molecule has 1 atom stereocenters. The number of para-hydroxylation sites is 1. The van der Waals surface area contributed by atoms with Gasteiger partial charge in [-0.05, 0) is 85.2 Å². The average Bonchev–Trinajstić information content (AvgIpc) is 3.59. The Morgan fingerprint density at radius 3 is 1.98 bits per heavy atom. The number of aldehydes is 2. The van der Waals surface area contributed by atoms with Crippen LogP contribution in [0.1, 0.15) is 63.6 Å². The molecule has 0 saturated carbocycles. The Morgan fingerprint density at radius 1 is 0.771 bits per heavy atom. The summed E-state index contributed by atoms with van der Waals surface area (Å²) >= 11 is 0. The zero-order chi connectivity index (χ0) is 33.9. The normalized spacial score (nSPS) is 15.8. The van der Waals surface area contributed by atoms with Crippen molar-refractivity contribution in [3.63, 3.8) is 0 Å². The second-order valence-electron chi connectivity index (χ2n) is 12.3. The van der Waals surface area contributed by atoms with Gasteiger partial charge in [-0.3, -0.25) is 14.4 Å². The molecular formula is C41H44N2O5. The van der Waals surface area contributed by atoms with Gasteiger partial charge in [0.25, 0.3) is 0 Å². The SMILES string of the molecule is CC(=O)N1CCC(COc2cccc(C)c2C=O)=C(c2ccccc2)C1.Cc1cccc(OC[C@@H]2CCCN2c2ccccc2)c1C=O. The molecule has 0 spiro atoms. The van der Waals surface area contributed by atoms with Crippen LogP contribution in [0.5, 0.6) is 11.5 Å². The van der Waals surface area contributed by atoms with E-state index >= 15 is 0 Å². The molecule has 48 heavy (non-hydrogen) atoms. The lowest BCUT2D eigenvalue weighted by Gasteiger charge is -2.30. The van der Waals surface area contributed by atoms with Crippen LogP contribution in [0.3, 0.4) is 0 Å². The van der Waals surface area contributed by atoms with Gasteiger partial charge in [0.05, 0.1) is 17.2 Å². The third-order valence-electron chi connectivity index (χ3n) is 9.13. The molecule has 4 aromatic rings. The average molecular weight is 645 g/mol. The molecule has 0 bridgehead atoms. The summed E-state index contributed by atoms with van der Waals surface area (Å²) in [6.07, 6.45) is 4.80. The fourth-order valence-corrected chi connectivity index (χ4v) is 6.35. The molecule has 0 aromatic heterocycles. The van der Waals surface area contributed by atoms with E-state index in [9.17, 15) is 14.4 Å². The van der Waals surface area contributed by atoms with E-state index in [0.717, 1.165) is 54.2 Å². The van der Waals surface area contributed by atoms with Gasteiger partial charge in [-0.15, -0.1) is 0 Å². The molecule has 1 amide bonds. The first-order valence-electron chi connectivity index (χ1n) is 16.6. The summed E-state index contributed by atoms with van der Waals surface area (Å²) in [5.74, 6) is 1.38. The molecular weight excluding hydrogens is 600 g/mol. The Balaban J connectivity index is 0.000000190. The highest BCUT2D eigenvalue weighted by Gasteiger charge is 2.26. The second kappa shape index (κ2) is 16.6. The number of carbonyl (C=O) groups is 3. The molecule has 0 unspecified atom stereocenters. The third-order valence-corrected chi connectivity index (χ3v) is 9.13. The number of benzene rings is 4. The number of hydrogen-bond acceptors (Lipinski definition) is 6. The number of carbonyl (C=O) groups excluding carboxylic acids is 3. The van der Waals surface area contributed by atoms with E-state index in [1.54, 1.807) is 6.92 Å². The predicted molar refractivity (Wildman–Crippen MR) is 191 cm³/mol. The van der Waals surface area contributed by atoms with Gasteiger partial charge in [0.15, 0.2) is 12.6 Å². The Hall–Kier alpha value is -5.17. The molecule has 0 N–H and O–H groups in total. The maximum absolute atomic E-state index is 11.8. The van der Waals surface area contributed by atoms with Crippen LogP contribution in [-0.4, -0.2) is 62.3 Å². The summed E-state index contributed by atoms with van der Waals surface area (Å²) < 4.78 is 12.0. The van der Waals surface area contributed by atoms with Crippen molar-refractivity contribution >= 4 is 29.7 Å². The van der Waals surface area contributed by atoms with Gasteiger partial charge in [-0.25, -0.2) is 0 Å². The van der Waals surface area contributed by atoms with Gasteiger partial charge >= 0.3 is 0 Å². The van der Waals surface area contributed by atoms with E-state index in [1.807, 2.05) is 79.4 Å². The smallest absolute Gasteiger partial charge is 0.219 e. The minimum absolute atomic E-state index is 0.0836. The van der Waals surface area contributed by atoms with Crippen LogP contribution in [-0.2, 0) is 4.79 Å². The number of aryl methyl sites for hydroxylation is 2. The third kappa shape index (κ3) is 8.40. The van der Waals surface area contributed by atoms with Crippen molar-refractivity contribution in [3.8, 4) is 11.5 Å². The van der Waals surface area contributed by atoms with Crippen LogP contribution in [0.4, 0.5) is 5.69 Å². The summed E-state index contributed by atoms with van der Waals surface area (Å²) in [4.78, 5) is 38.7. The first-order chi connectivity index (χ1) is 23.4. The molecule has 2 heterocycles. The Labute approximate surface area is 283 Å². The van der Waals surface area contributed by atoms with Crippen LogP contribution in [0.2, 0.25) is 0 Å². The van der Waals surface area contributed by atoms with Crippen molar-refractivity contribution in [1.82, 2.24) is 4.90 Å². The lowest BCUT2D eigenvalue weighted by molar-refractivity contribution is -0.128. The van der Waals surface area contributed by atoms with Crippen molar-refractivity contribution in [2.24, 2.45) is 0 Å². The first-order valence-corrected chi connectivity index (χ1v) is 16.6. The van der Waals surface area contributed by atoms with E-state index in [0.29, 0.717) is 55.0 Å². The summed E-state index contributed by atoms with van der Waals surface area (Å²) in [6, 6.07) is 32.3. The van der Waals surface area contributed by atoms with Crippen molar-refractivity contribution in [2.75, 3.05) is 37.7 Å². The van der Waals surface area contributed by atoms with E-state index in [1.165, 1.54) is 17.7 Å². The van der Waals surface area contributed by atoms with Gasteiger partial charge in [0.1, 0.15) is 24.7 Å². The Morgan fingerprint density at radius 2 is 1.38 bits per heavy atom. The van der Waals surface area contributed by atoms with E-state index < -0.39 is 0 Å². The highest BCUT2D eigenvalue weighted by molar-refractivity contribution is 5.82. The van der Waals surface area contributed by atoms with Crippen LogP contribution in [0.25, 0.3) is 5.57 Å². The maximum Gasteiger partial charge on any atom is 0.219 e. The van der Waals surface area contributed by atoms with Gasteiger partial charge < -0.3 is 19.3 Å². The summed E-state index contributed by atoms with van der Waals surface area (Å²) in [5.41, 5.74) is 7.77. The van der Waals surface area contributed by atoms with E-state index in [4.69, 9.17) is 9.47 Å². The van der Waals surface area contributed by atoms with E-state index in [-0.39, 0.29) is 5.91 Å². The summed E-state index contributed by atoms with van der Waals surface area (Å²) in [6.45, 7) is 8.81. The molecule has 248 valence electrons. The summed E-state index contributed by atoms with van der Waals surface area (Å²) in [5, 5.41) is 0. The van der Waals surface area contributed by atoms with Crippen molar-refractivity contribution in [2.45, 2.75) is 46.1 Å². The molecule has 1 fully saturated rings. The van der Waals surface area contributed by atoms with Gasteiger partial charge in [0.2, 0.25) is 5.91 Å². The first kappa shape index (κ1) is 34.2. The number of hydrogen-bond donors (Lipinski definition) is 0. The fourth-order valence-electron chi connectivity index (χ4n) is 6.35. The van der Waals surface area contributed by atoms with Crippen molar-refractivity contribution in [1.29, 1.82) is 0 Å². The Bertz CT molecular complexity index is 1730. The molecule has 0 aliphatic carbocycles. The molecule has 0 radical (unpaired) electrons. The predicted octanol–water partition coefficient (Wildman–Crippen LogP) is 7.75. The number of nitrogens with zero attached hydrogens (tertiary/aromatic N) is 2. The highest BCUT2D eigenvalue weighted by atomic mass is 16.5. The molecule has 2 aliphatic heterocycles.